The molecule has 0 fully saturated rings. The SMILES string of the molecule is CCNC(CCC(C)C)c1ccc(SC)cc1. The summed E-state index contributed by atoms with van der Waals surface area (Å²) in [6.45, 7) is 7.80. The maximum absolute atomic E-state index is 3.58. The van der Waals surface area contributed by atoms with Gasteiger partial charge in [-0.1, -0.05) is 32.9 Å². The van der Waals surface area contributed by atoms with Gasteiger partial charge in [0.05, 0.1) is 0 Å². The predicted molar refractivity (Wildman–Crippen MR) is 78.7 cm³/mol. The summed E-state index contributed by atoms with van der Waals surface area (Å²) >= 11 is 1.80. The molecular formula is C15H25NS. The Morgan fingerprint density at radius 1 is 1.12 bits per heavy atom. The van der Waals surface area contributed by atoms with Crippen molar-refractivity contribution < 1.29 is 0 Å². The maximum atomic E-state index is 3.58. The van der Waals surface area contributed by atoms with Crippen molar-refractivity contribution in [3.8, 4) is 0 Å². The molecule has 1 aromatic carbocycles. The lowest BCUT2D eigenvalue weighted by Crippen LogP contribution is -2.21. The minimum atomic E-state index is 0.512. The van der Waals surface area contributed by atoms with Crippen LogP contribution in [0.4, 0.5) is 0 Å². The van der Waals surface area contributed by atoms with E-state index < -0.39 is 0 Å². The fourth-order valence-corrected chi connectivity index (χ4v) is 2.38. The van der Waals surface area contributed by atoms with Crippen molar-refractivity contribution in [2.24, 2.45) is 5.92 Å². The van der Waals surface area contributed by atoms with Gasteiger partial charge in [-0.05, 0) is 49.3 Å². The standard InChI is InChI=1S/C15H25NS/c1-5-16-15(11-6-12(2)3)13-7-9-14(17-4)10-8-13/h7-10,12,15-16H,5-6,11H2,1-4H3. The molecule has 0 bridgehead atoms. The molecule has 0 aromatic heterocycles. The lowest BCUT2D eigenvalue weighted by Gasteiger charge is -2.19. The molecule has 1 rings (SSSR count). The average molecular weight is 251 g/mol. The van der Waals surface area contributed by atoms with Crippen LogP contribution in [0.5, 0.6) is 0 Å². The van der Waals surface area contributed by atoms with E-state index in [9.17, 15) is 0 Å². The molecule has 0 saturated carbocycles. The van der Waals surface area contributed by atoms with E-state index in [4.69, 9.17) is 0 Å². The molecule has 0 aliphatic rings. The largest absolute Gasteiger partial charge is 0.310 e. The molecule has 0 spiro atoms. The Kier molecular flexibility index (Phi) is 6.68. The van der Waals surface area contributed by atoms with E-state index in [0.717, 1.165) is 12.5 Å². The van der Waals surface area contributed by atoms with E-state index in [-0.39, 0.29) is 0 Å². The molecule has 0 heterocycles. The lowest BCUT2D eigenvalue weighted by molar-refractivity contribution is 0.448. The van der Waals surface area contributed by atoms with Gasteiger partial charge in [-0.3, -0.25) is 0 Å². The van der Waals surface area contributed by atoms with E-state index in [1.54, 1.807) is 11.8 Å². The van der Waals surface area contributed by atoms with Crippen LogP contribution in [0.25, 0.3) is 0 Å². The maximum Gasteiger partial charge on any atom is 0.0320 e. The van der Waals surface area contributed by atoms with Gasteiger partial charge in [0.25, 0.3) is 0 Å². The number of benzene rings is 1. The molecule has 0 radical (unpaired) electrons. The molecule has 96 valence electrons. The summed E-state index contributed by atoms with van der Waals surface area (Å²) in [5.74, 6) is 0.779. The molecule has 1 atom stereocenters. The van der Waals surface area contributed by atoms with Crippen LogP contribution in [0.1, 0.15) is 45.2 Å². The Labute approximate surface area is 110 Å². The molecule has 1 N–H and O–H groups in total. The monoisotopic (exact) mass is 251 g/mol. The van der Waals surface area contributed by atoms with Gasteiger partial charge in [0.15, 0.2) is 0 Å². The number of hydrogen-bond donors (Lipinski definition) is 1. The van der Waals surface area contributed by atoms with Gasteiger partial charge < -0.3 is 5.32 Å². The van der Waals surface area contributed by atoms with Crippen molar-refractivity contribution in [1.82, 2.24) is 5.32 Å². The van der Waals surface area contributed by atoms with Crippen LogP contribution in [0.2, 0.25) is 0 Å². The predicted octanol–water partition coefficient (Wildman–Crippen LogP) is 4.50. The van der Waals surface area contributed by atoms with Gasteiger partial charge in [0, 0.05) is 10.9 Å². The molecular weight excluding hydrogens is 226 g/mol. The second-order valence-corrected chi connectivity index (χ2v) is 5.73. The minimum absolute atomic E-state index is 0.512. The highest BCUT2D eigenvalue weighted by molar-refractivity contribution is 7.98. The number of rotatable bonds is 7. The van der Waals surface area contributed by atoms with Gasteiger partial charge in [0.1, 0.15) is 0 Å². The summed E-state index contributed by atoms with van der Waals surface area (Å²) < 4.78 is 0. The molecule has 1 aromatic rings. The summed E-state index contributed by atoms with van der Waals surface area (Å²) in [6.07, 6.45) is 4.63. The van der Waals surface area contributed by atoms with Crippen LogP contribution in [0.3, 0.4) is 0 Å². The molecule has 0 aliphatic carbocycles. The van der Waals surface area contributed by atoms with Gasteiger partial charge in [0.2, 0.25) is 0 Å². The number of hydrogen-bond acceptors (Lipinski definition) is 2. The van der Waals surface area contributed by atoms with Gasteiger partial charge in [-0.25, -0.2) is 0 Å². The third-order valence-electron chi connectivity index (χ3n) is 3.00. The van der Waals surface area contributed by atoms with Crippen molar-refractivity contribution in [2.75, 3.05) is 12.8 Å². The zero-order chi connectivity index (χ0) is 12.7. The van der Waals surface area contributed by atoms with Crippen LogP contribution in [-0.4, -0.2) is 12.8 Å². The Hall–Kier alpha value is -0.470. The molecule has 0 saturated heterocycles. The van der Waals surface area contributed by atoms with Crippen LogP contribution in [-0.2, 0) is 0 Å². The van der Waals surface area contributed by atoms with Crippen molar-refractivity contribution in [3.05, 3.63) is 29.8 Å². The van der Waals surface area contributed by atoms with Crippen molar-refractivity contribution in [1.29, 1.82) is 0 Å². The van der Waals surface area contributed by atoms with Crippen molar-refractivity contribution in [2.45, 2.75) is 44.6 Å². The van der Waals surface area contributed by atoms with E-state index in [1.807, 2.05) is 0 Å². The van der Waals surface area contributed by atoms with Gasteiger partial charge >= 0.3 is 0 Å². The van der Waals surface area contributed by atoms with Crippen LogP contribution in [0.15, 0.2) is 29.2 Å². The zero-order valence-corrected chi connectivity index (χ0v) is 12.3. The smallest absolute Gasteiger partial charge is 0.0320 e. The Bertz CT molecular complexity index is 305. The summed E-state index contributed by atoms with van der Waals surface area (Å²) in [5, 5.41) is 3.58. The van der Waals surface area contributed by atoms with E-state index in [2.05, 4.69) is 56.6 Å². The van der Waals surface area contributed by atoms with Crippen molar-refractivity contribution in [3.63, 3.8) is 0 Å². The molecule has 1 nitrogen and oxygen atoms in total. The minimum Gasteiger partial charge on any atom is -0.310 e. The molecule has 0 aliphatic heterocycles. The first-order chi connectivity index (χ1) is 8.17. The third kappa shape index (κ3) is 5.13. The highest BCUT2D eigenvalue weighted by Crippen LogP contribution is 2.23. The topological polar surface area (TPSA) is 12.0 Å². The average Bonchev–Trinajstić information content (AvgIpc) is 2.34. The lowest BCUT2D eigenvalue weighted by atomic mass is 9.97. The van der Waals surface area contributed by atoms with Crippen LogP contribution in [0, 0.1) is 5.92 Å². The summed E-state index contributed by atoms with van der Waals surface area (Å²) in [7, 11) is 0. The highest BCUT2D eigenvalue weighted by Gasteiger charge is 2.10. The second kappa shape index (κ2) is 7.78. The van der Waals surface area contributed by atoms with E-state index in [0.29, 0.717) is 6.04 Å². The van der Waals surface area contributed by atoms with Gasteiger partial charge in [-0.2, -0.15) is 0 Å². The van der Waals surface area contributed by atoms with E-state index in [1.165, 1.54) is 23.3 Å². The normalized spacial score (nSPS) is 13.0. The Balaban J connectivity index is 2.67. The summed E-state index contributed by atoms with van der Waals surface area (Å²) in [4.78, 5) is 1.34. The summed E-state index contributed by atoms with van der Waals surface area (Å²) in [6, 6.07) is 9.48. The zero-order valence-electron chi connectivity index (χ0n) is 11.5. The molecule has 0 amide bonds. The fourth-order valence-electron chi connectivity index (χ4n) is 1.97. The first-order valence-electron chi connectivity index (χ1n) is 6.54. The quantitative estimate of drug-likeness (QED) is 0.716. The first-order valence-corrected chi connectivity index (χ1v) is 7.77. The van der Waals surface area contributed by atoms with E-state index >= 15 is 0 Å². The fraction of sp³-hybridized carbons (Fsp3) is 0.600. The first kappa shape index (κ1) is 14.6. The number of nitrogens with one attached hydrogen (secondary N) is 1. The Morgan fingerprint density at radius 3 is 2.24 bits per heavy atom. The van der Waals surface area contributed by atoms with Crippen LogP contribution < -0.4 is 5.32 Å². The number of thioether (sulfide) groups is 1. The molecule has 2 heteroatoms. The van der Waals surface area contributed by atoms with Gasteiger partial charge in [-0.15, -0.1) is 11.8 Å². The molecule has 1 unspecified atom stereocenters. The Morgan fingerprint density at radius 2 is 1.76 bits per heavy atom. The molecule has 17 heavy (non-hydrogen) atoms. The van der Waals surface area contributed by atoms with Crippen LogP contribution >= 0.6 is 11.8 Å². The summed E-state index contributed by atoms with van der Waals surface area (Å²) in [5.41, 5.74) is 1.42. The highest BCUT2D eigenvalue weighted by atomic mass is 32.2. The third-order valence-corrected chi connectivity index (χ3v) is 3.74. The second-order valence-electron chi connectivity index (χ2n) is 4.85. The van der Waals surface area contributed by atoms with Crippen molar-refractivity contribution >= 4 is 11.8 Å².